The lowest BCUT2D eigenvalue weighted by atomic mass is 9.81. The number of sulfone groups is 1. The molecule has 0 saturated heterocycles. The van der Waals surface area contributed by atoms with E-state index < -0.39 is 38.5 Å². The molecule has 0 fully saturated rings. The summed E-state index contributed by atoms with van der Waals surface area (Å²) in [5, 5.41) is 0.376. The van der Waals surface area contributed by atoms with Gasteiger partial charge in [0.25, 0.3) is 0 Å². The van der Waals surface area contributed by atoms with Crippen molar-refractivity contribution in [3.8, 4) is 5.69 Å². The summed E-state index contributed by atoms with van der Waals surface area (Å²) >= 11 is 12.3. The molecule has 0 radical (unpaired) electrons. The Balaban J connectivity index is 1.89. The van der Waals surface area contributed by atoms with E-state index in [0.717, 1.165) is 17.7 Å². The highest BCUT2D eigenvalue weighted by Gasteiger charge is 2.33. The highest BCUT2D eigenvalue weighted by atomic mass is 35.5. The summed E-state index contributed by atoms with van der Waals surface area (Å²) in [4.78, 5) is 4.21. The molecule has 0 N–H and O–H groups in total. The minimum Gasteiger partial charge on any atom is -0.287 e. The Morgan fingerprint density at radius 2 is 1.57 bits per heavy atom. The zero-order valence-corrected chi connectivity index (χ0v) is 20.9. The van der Waals surface area contributed by atoms with Crippen LogP contribution in [0.3, 0.4) is 0 Å². The lowest BCUT2D eigenvalue weighted by Crippen LogP contribution is -2.24. The smallest absolute Gasteiger partial charge is 0.232 e. The van der Waals surface area contributed by atoms with Gasteiger partial charge < -0.3 is 0 Å². The summed E-state index contributed by atoms with van der Waals surface area (Å²) in [7, 11) is -4.15. The average Bonchev–Trinajstić information content (AvgIpc) is 3.25. The van der Waals surface area contributed by atoms with E-state index in [1.165, 1.54) is 41.1 Å². The number of hydrogen-bond acceptors (Lipinski definition) is 3. The lowest BCUT2D eigenvalue weighted by molar-refractivity contribution is 0.507. The van der Waals surface area contributed by atoms with E-state index in [4.69, 9.17) is 23.2 Å². The number of rotatable bonds is 6. The number of nitrogens with zero attached hydrogens (tertiary/aromatic N) is 2. The van der Waals surface area contributed by atoms with E-state index in [1.807, 2.05) is 13.8 Å². The topological polar surface area (TPSA) is 52.0 Å². The minimum atomic E-state index is -4.15. The first kappa shape index (κ1) is 25.3. The Morgan fingerprint density at radius 3 is 2.20 bits per heavy atom. The fourth-order valence-corrected chi connectivity index (χ4v) is 5.52. The van der Waals surface area contributed by atoms with Gasteiger partial charge in [-0.3, -0.25) is 4.57 Å². The average molecular weight is 539 g/mol. The van der Waals surface area contributed by atoms with Gasteiger partial charge in [0.2, 0.25) is 15.0 Å². The molecule has 4 aromatic rings. The van der Waals surface area contributed by atoms with Gasteiger partial charge in [-0.05, 0) is 59.7 Å². The molecule has 35 heavy (non-hydrogen) atoms. The molecule has 4 rings (SSSR count). The Labute approximate surface area is 210 Å². The Bertz CT molecular complexity index is 1520. The molecule has 182 valence electrons. The van der Waals surface area contributed by atoms with E-state index in [2.05, 4.69) is 4.98 Å². The maximum absolute atomic E-state index is 13.7. The van der Waals surface area contributed by atoms with Crippen molar-refractivity contribution in [2.75, 3.05) is 0 Å². The van der Waals surface area contributed by atoms with Crippen molar-refractivity contribution in [3.63, 3.8) is 0 Å². The van der Waals surface area contributed by atoms with Gasteiger partial charge in [-0.15, -0.1) is 0 Å². The van der Waals surface area contributed by atoms with E-state index in [0.29, 0.717) is 21.4 Å². The molecule has 1 heterocycles. The summed E-state index contributed by atoms with van der Waals surface area (Å²) in [5.41, 5.74) is 0.815. The molecule has 0 aliphatic carbocycles. The fourth-order valence-electron chi connectivity index (χ4n) is 3.78. The number of aromatic nitrogens is 2. The van der Waals surface area contributed by atoms with Crippen LogP contribution in [0.5, 0.6) is 0 Å². The highest BCUT2D eigenvalue weighted by molar-refractivity contribution is 7.90. The standard InChI is InChI=1S/C25H19Cl2F3N2O2S/c1-25(2,16-4-9-19(26)20(27)12-16)23-13-31-24(32(23)18-7-5-17(28)6-8-18)35(33,34)14-15-3-10-21(29)22(30)11-15/h3-13H,14H2,1-2H3. The predicted octanol–water partition coefficient (Wildman–Crippen LogP) is 6.90. The van der Waals surface area contributed by atoms with Gasteiger partial charge in [0.15, 0.2) is 11.6 Å². The van der Waals surface area contributed by atoms with Gasteiger partial charge in [0.05, 0.1) is 27.7 Å². The molecular formula is C25H19Cl2F3N2O2S. The monoisotopic (exact) mass is 538 g/mol. The molecule has 0 bridgehead atoms. The van der Waals surface area contributed by atoms with Crippen LogP contribution in [0.1, 0.15) is 30.7 Å². The Morgan fingerprint density at radius 1 is 0.886 bits per heavy atom. The van der Waals surface area contributed by atoms with Crippen LogP contribution in [-0.2, 0) is 21.0 Å². The van der Waals surface area contributed by atoms with Crippen molar-refractivity contribution in [1.82, 2.24) is 9.55 Å². The second-order valence-corrected chi connectivity index (χ2v) is 11.2. The molecule has 10 heteroatoms. The first-order chi connectivity index (χ1) is 16.4. The van der Waals surface area contributed by atoms with Crippen molar-refractivity contribution in [2.45, 2.75) is 30.2 Å². The molecule has 0 saturated carbocycles. The van der Waals surface area contributed by atoms with Gasteiger partial charge in [-0.2, -0.15) is 0 Å². The lowest BCUT2D eigenvalue weighted by Gasteiger charge is -2.27. The highest BCUT2D eigenvalue weighted by Crippen LogP contribution is 2.37. The third kappa shape index (κ3) is 4.96. The largest absolute Gasteiger partial charge is 0.287 e. The summed E-state index contributed by atoms with van der Waals surface area (Å²) in [5.74, 6) is -3.34. The molecule has 0 amide bonds. The van der Waals surface area contributed by atoms with Crippen LogP contribution in [0.4, 0.5) is 13.2 Å². The van der Waals surface area contributed by atoms with Crippen molar-refractivity contribution < 1.29 is 21.6 Å². The maximum atomic E-state index is 13.7. The van der Waals surface area contributed by atoms with E-state index in [-0.39, 0.29) is 10.7 Å². The van der Waals surface area contributed by atoms with E-state index in [1.54, 1.807) is 18.2 Å². The number of imidazole rings is 1. The van der Waals surface area contributed by atoms with Gasteiger partial charge >= 0.3 is 0 Å². The Hall–Kier alpha value is -2.81. The van der Waals surface area contributed by atoms with Crippen molar-refractivity contribution >= 4 is 33.0 Å². The molecule has 0 atom stereocenters. The Kier molecular flexibility index (Phi) is 6.74. The van der Waals surface area contributed by atoms with Crippen LogP contribution < -0.4 is 0 Å². The summed E-state index contributed by atoms with van der Waals surface area (Å²) in [6, 6.07) is 13.3. The third-order valence-corrected chi connectivity index (χ3v) is 8.01. The van der Waals surface area contributed by atoms with Crippen LogP contribution in [0.25, 0.3) is 5.69 Å². The van der Waals surface area contributed by atoms with Gasteiger partial charge in [-0.1, -0.05) is 49.2 Å². The molecule has 4 nitrogen and oxygen atoms in total. The van der Waals surface area contributed by atoms with Crippen LogP contribution in [0.15, 0.2) is 72.0 Å². The van der Waals surface area contributed by atoms with Crippen LogP contribution in [0, 0.1) is 17.5 Å². The zero-order chi connectivity index (χ0) is 25.5. The molecule has 0 unspecified atom stereocenters. The van der Waals surface area contributed by atoms with Crippen molar-refractivity contribution in [3.05, 3.63) is 111 Å². The van der Waals surface area contributed by atoms with Crippen molar-refractivity contribution in [1.29, 1.82) is 0 Å². The molecule has 0 aliphatic heterocycles. The minimum absolute atomic E-state index is 0.0582. The fraction of sp³-hybridized carbons (Fsp3) is 0.160. The molecule has 3 aromatic carbocycles. The summed E-state index contributed by atoms with van der Waals surface area (Å²) < 4.78 is 69.0. The number of benzene rings is 3. The zero-order valence-electron chi connectivity index (χ0n) is 18.6. The molecule has 0 aliphatic rings. The van der Waals surface area contributed by atoms with Gasteiger partial charge in [0.1, 0.15) is 5.82 Å². The maximum Gasteiger partial charge on any atom is 0.232 e. The predicted molar refractivity (Wildman–Crippen MR) is 129 cm³/mol. The third-order valence-electron chi connectivity index (χ3n) is 5.71. The first-order valence-electron chi connectivity index (χ1n) is 10.4. The second-order valence-electron chi connectivity index (χ2n) is 8.50. The van der Waals surface area contributed by atoms with Crippen molar-refractivity contribution in [2.24, 2.45) is 0 Å². The summed E-state index contributed by atoms with van der Waals surface area (Å²) in [6.45, 7) is 3.71. The van der Waals surface area contributed by atoms with Crippen LogP contribution in [-0.4, -0.2) is 18.0 Å². The quantitative estimate of drug-likeness (QED) is 0.268. The van der Waals surface area contributed by atoms with Crippen LogP contribution in [0.2, 0.25) is 10.0 Å². The number of halogens is 5. The second kappa shape index (κ2) is 9.33. The summed E-state index contributed by atoms with van der Waals surface area (Å²) in [6.07, 6.45) is 1.42. The normalized spacial score (nSPS) is 12.2. The van der Waals surface area contributed by atoms with Crippen LogP contribution >= 0.6 is 23.2 Å². The number of hydrogen-bond donors (Lipinski definition) is 0. The van der Waals surface area contributed by atoms with E-state index >= 15 is 0 Å². The van der Waals surface area contributed by atoms with Gasteiger partial charge in [0, 0.05) is 11.1 Å². The molecule has 1 aromatic heterocycles. The van der Waals surface area contributed by atoms with E-state index in [9.17, 15) is 21.6 Å². The molecule has 0 spiro atoms. The SMILES string of the molecule is CC(C)(c1ccc(Cl)c(Cl)c1)c1cnc(S(=O)(=O)Cc2ccc(F)c(F)c2)n1-c1ccc(F)cc1. The molecular weight excluding hydrogens is 520 g/mol. The van der Waals surface area contributed by atoms with Gasteiger partial charge in [-0.25, -0.2) is 26.6 Å². The first-order valence-corrected chi connectivity index (χ1v) is 12.8.